The molecule has 0 aliphatic rings. The van der Waals surface area contributed by atoms with Crippen LogP contribution in [-0.4, -0.2) is 44.5 Å². The van der Waals surface area contributed by atoms with E-state index in [0.717, 1.165) is 11.1 Å². The predicted octanol–water partition coefficient (Wildman–Crippen LogP) is 3.47. The Hall–Kier alpha value is -2.02. The molecule has 2 aromatic rings. The van der Waals surface area contributed by atoms with E-state index in [-0.39, 0.29) is 23.5 Å². The number of methoxy groups -OCH3 is 1. The molecule has 144 valence electrons. The van der Waals surface area contributed by atoms with Crippen LogP contribution >= 0.6 is 23.4 Å². The summed E-state index contributed by atoms with van der Waals surface area (Å²) in [6.07, 6.45) is 0. The summed E-state index contributed by atoms with van der Waals surface area (Å²) in [5, 5.41) is 3.23. The number of halogens is 1. The molecule has 0 fully saturated rings. The van der Waals surface area contributed by atoms with Crippen LogP contribution in [0, 0.1) is 0 Å². The Kier molecular flexibility index (Phi) is 9.18. The highest BCUT2D eigenvalue weighted by Crippen LogP contribution is 2.36. The van der Waals surface area contributed by atoms with Crippen molar-refractivity contribution >= 4 is 35.2 Å². The minimum absolute atomic E-state index is 0.0356. The van der Waals surface area contributed by atoms with Crippen LogP contribution in [0.1, 0.15) is 16.4 Å². The molecule has 1 amide bonds. The number of rotatable bonds is 10. The molecule has 2 rings (SSSR count). The molecule has 0 aromatic heterocycles. The van der Waals surface area contributed by atoms with E-state index in [0.29, 0.717) is 18.2 Å². The van der Waals surface area contributed by atoms with Gasteiger partial charge in [-0.1, -0.05) is 54.1 Å². The zero-order valence-electron chi connectivity index (χ0n) is 15.0. The molecule has 1 N–H and O–H groups in total. The van der Waals surface area contributed by atoms with Gasteiger partial charge in [-0.3, -0.25) is 9.59 Å². The average Bonchev–Trinajstić information content (AvgIpc) is 2.69. The molecular formula is C20H22ClNO4S. The van der Waals surface area contributed by atoms with Crippen molar-refractivity contribution in [3.05, 3.63) is 70.7 Å². The van der Waals surface area contributed by atoms with Gasteiger partial charge in [0.25, 0.3) is 5.91 Å². The van der Waals surface area contributed by atoms with Gasteiger partial charge in [0.2, 0.25) is 0 Å². The van der Waals surface area contributed by atoms with Crippen LogP contribution in [0.5, 0.6) is 0 Å². The summed E-state index contributed by atoms with van der Waals surface area (Å²) >= 11 is 7.43. The maximum absolute atomic E-state index is 12.0. The first-order chi connectivity index (χ1) is 13.1. The van der Waals surface area contributed by atoms with Gasteiger partial charge in [-0.2, -0.15) is 0 Å². The quantitative estimate of drug-likeness (QED) is 0.482. The van der Waals surface area contributed by atoms with Gasteiger partial charge in [-0.15, -0.1) is 11.8 Å². The number of thioether (sulfide) groups is 1. The minimum atomic E-state index is -0.434. The molecule has 0 saturated carbocycles. The largest absolute Gasteiger partial charge is 0.455 e. The molecule has 27 heavy (non-hydrogen) atoms. The third-order valence-corrected chi connectivity index (χ3v) is 5.17. The van der Waals surface area contributed by atoms with E-state index >= 15 is 0 Å². The number of ether oxygens (including phenoxy) is 2. The van der Waals surface area contributed by atoms with E-state index in [1.165, 1.54) is 11.8 Å². The highest BCUT2D eigenvalue weighted by molar-refractivity contribution is 8.00. The number of esters is 1. The van der Waals surface area contributed by atoms with Gasteiger partial charge in [0.1, 0.15) is 0 Å². The van der Waals surface area contributed by atoms with Gasteiger partial charge >= 0.3 is 5.97 Å². The Labute approximate surface area is 168 Å². The smallest absolute Gasteiger partial charge is 0.316 e. The maximum atomic E-state index is 12.0. The van der Waals surface area contributed by atoms with Crippen molar-refractivity contribution in [2.24, 2.45) is 0 Å². The molecule has 1 atom stereocenters. The number of nitrogens with one attached hydrogen (secondary N) is 1. The topological polar surface area (TPSA) is 64.6 Å². The average molecular weight is 408 g/mol. The Bertz CT molecular complexity index is 725. The summed E-state index contributed by atoms with van der Waals surface area (Å²) < 4.78 is 9.88. The van der Waals surface area contributed by atoms with E-state index < -0.39 is 5.97 Å². The SMILES string of the molecule is COCCNC(=O)COC(=O)CS[C@@H](c1ccccc1)c1ccc(Cl)cc1. The fourth-order valence-corrected chi connectivity index (χ4v) is 3.54. The van der Waals surface area contributed by atoms with E-state index in [2.05, 4.69) is 5.32 Å². The standard InChI is InChI=1S/C20H22ClNO4S/c1-25-12-11-22-18(23)13-26-19(24)14-27-20(15-5-3-2-4-6-15)16-7-9-17(21)10-8-16/h2-10,20H,11-14H2,1H3,(H,22,23)/t20-/m0/s1. The Morgan fingerprint density at radius 3 is 2.41 bits per heavy atom. The lowest BCUT2D eigenvalue weighted by Crippen LogP contribution is -2.31. The Balaban J connectivity index is 1.91. The maximum Gasteiger partial charge on any atom is 0.316 e. The molecule has 2 aromatic carbocycles. The van der Waals surface area contributed by atoms with Gasteiger partial charge in [0.15, 0.2) is 6.61 Å². The molecule has 0 spiro atoms. The molecule has 0 radical (unpaired) electrons. The van der Waals surface area contributed by atoms with Gasteiger partial charge in [-0.25, -0.2) is 0 Å². The van der Waals surface area contributed by atoms with Crippen LogP contribution in [0.4, 0.5) is 0 Å². The van der Waals surface area contributed by atoms with Crippen molar-refractivity contribution in [2.45, 2.75) is 5.25 Å². The minimum Gasteiger partial charge on any atom is -0.455 e. The number of hydrogen-bond acceptors (Lipinski definition) is 5. The number of amides is 1. The molecule has 0 unspecified atom stereocenters. The number of carbonyl (C=O) groups excluding carboxylic acids is 2. The van der Waals surface area contributed by atoms with Gasteiger partial charge in [0, 0.05) is 18.7 Å². The van der Waals surface area contributed by atoms with E-state index in [4.69, 9.17) is 21.1 Å². The number of benzene rings is 2. The van der Waals surface area contributed by atoms with Gasteiger partial charge < -0.3 is 14.8 Å². The lowest BCUT2D eigenvalue weighted by Gasteiger charge is -2.17. The summed E-state index contributed by atoms with van der Waals surface area (Å²) in [4.78, 5) is 23.6. The second-order valence-electron chi connectivity index (χ2n) is 5.66. The summed E-state index contributed by atoms with van der Waals surface area (Å²) in [5.41, 5.74) is 2.12. The summed E-state index contributed by atoms with van der Waals surface area (Å²) in [6.45, 7) is 0.504. The molecule has 0 aliphatic heterocycles. The monoisotopic (exact) mass is 407 g/mol. The lowest BCUT2D eigenvalue weighted by molar-refractivity contribution is -0.145. The normalized spacial score (nSPS) is 11.6. The van der Waals surface area contributed by atoms with E-state index in [1.54, 1.807) is 7.11 Å². The highest BCUT2D eigenvalue weighted by atomic mass is 35.5. The van der Waals surface area contributed by atoms with Crippen molar-refractivity contribution in [1.82, 2.24) is 5.32 Å². The van der Waals surface area contributed by atoms with E-state index in [1.807, 2.05) is 54.6 Å². The lowest BCUT2D eigenvalue weighted by atomic mass is 10.0. The van der Waals surface area contributed by atoms with Crippen LogP contribution in [-0.2, 0) is 19.1 Å². The van der Waals surface area contributed by atoms with Crippen LogP contribution in [0.15, 0.2) is 54.6 Å². The van der Waals surface area contributed by atoms with Crippen molar-refractivity contribution < 1.29 is 19.1 Å². The molecule has 0 aliphatic carbocycles. The zero-order chi connectivity index (χ0) is 19.5. The van der Waals surface area contributed by atoms with Crippen LogP contribution < -0.4 is 5.32 Å². The zero-order valence-corrected chi connectivity index (χ0v) is 16.6. The van der Waals surface area contributed by atoms with Crippen molar-refractivity contribution in [3.63, 3.8) is 0 Å². The van der Waals surface area contributed by atoms with Crippen molar-refractivity contribution in [1.29, 1.82) is 0 Å². The Morgan fingerprint density at radius 1 is 1.07 bits per heavy atom. The van der Waals surface area contributed by atoms with Crippen molar-refractivity contribution in [3.8, 4) is 0 Å². The predicted molar refractivity (Wildman–Crippen MR) is 108 cm³/mol. The summed E-state index contributed by atoms with van der Waals surface area (Å²) in [6, 6.07) is 17.4. The first kappa shape index (κ1) is 21.3. The third-order valence-electron chi connectivity index (χ3n) is 3.64. The fraction of sp³-hybridized carbons (Fsp3) is 0.300. The number of carbonyl (C=O) groups is 2. The molecular weight excluding hydrogens is 386 g/mol. The molecule has 0 heterocycles. The van der Waals surface area contributed by atoms with Crippen LogP contribution in [0.25, 0.3) is 0 Å². The van der Waals surface area contributed by atoms with Crippen LogP contribution in [0.2, 0.25) is 5.02 Å². The second kappa shape index (κ2) is 11.6. The van der Waals surface area contributed by atoms with Gasteiger partial charge in [-0.05, 0) is 23.3 Å². The summed E-state index contributed by atoms with van der Waals surface area (Å²) in [7, 11) is 1.55. The Morgan fingerprint density at radius 2 is 1.74 bits per heavy atom. The highest BCUT2D eigenvalue weighted by Gasteiger charge is 2.17. The fourth-order valence-electron chi connectivity index (χ4n) is 2.33. The van der Waals surface area contributed by atoms with E-state index in [9.17, 15) is 9.59 Å². The summed E-state index contributed by atoms with van der Waals surface area (Å²) in [5.74, 6) is -0.646. The molecule has 7 heteroatoms. The molecule has 0 saturated heterocycles. The van der Waals surface area contributed by atoms with Gasteiger partial charge in [0.05, 0.1) is 17.6 Å². The molecule has 5 nitrogen and oxygen atoms in total. The number of hydrogen-bond donors (Lipinski definition) is 1. The van der Waals surface area contributed by atoms with Crippen molar-refractivity contribution in [2.75, 3.05) is 32.6 Å². The first-order valence-corrected chi connectivity index (χ1v) is 9.86. The van der Waals surface area contributed by atoms with Crippen LogP contribution in [0.3, 0.4) is 0 Å². The first-order valence-electron chi connectivity index (χ1n) is 8.43. The third kappa shape index (κ3) is 7.62. The second-order valence-corrected chi connectivity index (χ2v) is 7.19. The molecule has 0 bridgehead atoms.